The molecule has 0 bridgehead atoms. The molecular weight excluding hydrogens is 184 g/mol. The van der Waals surface area contributed by atoms with Crippen molar-refractivity contribution in [3.8, 4) is 0 Å². The summed E-state index contributed by atoms with van der Waals surface area (Å²) in [4.78, 5) is 16.3. The number of aromatic nitrogens is 1. The first kappa shape index (κ1) is 10.7. The van der Waals surface area contributed by atoms with Crippen LogP contribution in [0.3, 0.4) is 0 Å². The molecule has 0 atom stereocenters. The van der Waals surface area contributed by atoms with Gasteiger partial charge in [0.2, 0.25) is 0 Å². The maximum Gasteiger partial charge on any atom is 0.280 e. The summed E-state index contributed by atoms with van der Waals surface area (Å²) in [5.41, 5.74) is 2.72. The first-order valence-corrected chi connectivity index (χ1v) is 4.44. The highest BCUT2D eigenvalue weighted by Gasteiger charge is 2.12. The number of hydroxylamine groups is 1. The number of rotatable bonds is 4. The SMILES string of the molecule is Cc1oncc1C(=O)NOCC(C)C. The van der Waals surface area contributed by atoms with Gasteiger partial charge >= 0.3 is 0 Å². The third-order valence-corrected chi connectivity index (χ3v) is 1.58. The molecular formula is C9H14N2O3. The highest BCUT2D eigenvalue weighted by Crippen LogP contribution is 2.05. The van der Waals surface area contributed by atoms with Gasteiger partial charge in [0.15, 0.2) is 0 Å². The van der Waals surface area contributed by atoms with E-state index in [0.29, 0.717) is 23.8 Å². The van der Waals surface area contributed by atoms with E-state index in [2.05, 4.69) is 10.6 Å². The molecule has 0 radical (unpaired) electrons. The van der Waals surface area contributed by atoms with Crippen molar-refractivity contribution >= 4 is 5.91 Å². The van der Waals surface area contributed by atoms with Crippen molar-refractivity contribution in [1.29, 1.82) is 0 Å². The van der Waals surface area contributed by atoms with E-state index in [1.807, 2.05) is 13.8 Å². The Balaban J connectivity index is 2.40. The molecule has 0 saturated heterocycles. The van der Waals surface area contributed by atoms with E-state index < -0.39 is 0 Å². The van der Waals surface area contributed by atoms with Crippen LogP contribution in [0.1, 0.15) is 30.0 Å². The van der Waals surface area contributed by atoms with E-state index in [9.17, 15) is 4.79 Å². The van der Waals surface area contributed by atoms with Gasteiger partial charge in [-0.25, -0.2) is 5.48 Å². The van der Waals surface area contributed by atoms with Crippen LogP contribution in [0.4, 0.5) is 0 Å². The molecule has 0 aliphatic carbocycles. The number of hydrogen-bond donors (Lipinski definition) is 1. The lowest BCUT2D eigenvalue weighted by Gasteiger charge is -2.06. The zero-order chi connectivity index (χ0) is 10.6. The number of carbonyl (C=O) groups excluding carboxylic acids is 1. The maximum absolute atomic E-state index is 11.4. The molecule has 0 unspecified atom stereocenters. The molecule has 14 heavy (non-hydrogen) atoms. The summed E-state index contributed by atoms with van der Waals surface area (Å²) in [5.74, 6) is 0.527. The molecule has 0 fully saturated rings. The Bertz CT molecular complexity index is 307. The summed E-state index contributed by atoms with van der Waals surface area (Å²) in [6.07, 6.45) is 1.36. The Morgan fingerprint density at radius 2 is 2.43 bits per heavy atom. The third-order valence-electron chi connectivity index (χ3n) is 1.58. The molecule has 1 heterocycles. The molecule has 1 aromatic heterocycles. The van der Waals surface area contributed by atoms with Gasteiger partial charge in [0.1, 0.15) is 11.3 Å². The lowest BCUT2D eigenvalue weighted by atomic mass is 10.2. The Kier molecular flexibility index (Phi) is 3.64. The van der Waals surface area contributed by atoms with Crippen LogP contribution in [0, 0.1) is 12.8 Å². The van der Waals surface area contributed by atoms with Gasteiger partial charge in [0, 0.05) is 0 Å². The second-order valence-corrected chi connectivity index (χ2v) is 3.43. The van der Waals surface area contributed by atoms with Crippen molar-refractivity contribution in [3.05, 3.63) is 17.5 Å². The molecule has 0 saturated carbocycles. The molecule has 1 rings (SSSR count). The Morgan fingerprint density at radius 3 is 2.93 bits per heavy atom. The van der Waals surface area contributed by atoms with Crippen LogP contribution in [-0.2, 0) is 4.84 Å². The van der Waals surface area contributed by atoms with Gasteiger partial charge in [-0.3, -0.25) is 9.63 Å². The van der Waals surface area contributed by atoms with Crippen LogP contribution >= 0.6 is 0 Å². The second kappa shape index (κ2) is 4.76. The van der Waals surface area contributed by atoms with Crippen molar-refractivity contribution in [2.45, 2.75) is 20.8 Å². The minimum absolute atomic E-state index is 0.329. The highest BCUT2D eigenvalue weighted by atomic mass is 16.7. The zero-order valence-electron chi connectivity index (χ0n) is 8.53. The first-order valence-electron chi connectivity index (χ1n) is 4.44. The quantitative estimate of drug-likeness (QED) is 0.740. The van der Waals surface area contributed by atoms with Crippen molar-refractivity contribution in [1.82, 2.24) is 10.6 Å². The standard InChI is InChI=1S/C9H14N2O3/c1-6(2)5-13-11-9(12)8-4-10-14-7(8)3/h4,6H,5H2,1-3H3,(H,11,12). The van der Waals surface area contributed by atoms with Crippen LogP contribution < -0.4 is 5.48 Å². The predicted molar refractivity (Wildman–Crippen MR) is 49.5 cm³/mol. The van der Waals surface area contributed by atoms with Crippen molar-refractivity contribution in [3.63, 3.8) is 0 Å². The number of nitrogens with zero attached hydrogens (tertiary/aromatic N) is 1. The molecule has 0 aromatic carbocycles. The topological polar surface area (TPSA) is 64.4 Å². The van der Waals surface area contributed by atoms with Gasteiger partial charge in [-0.15, -0.1) is 0 Å². The minimum atomic E-state index is -0.329. The molecule has 1 amide bonds. The molecule has 1 aromatic rings. The molecule has 0 aliphatic heterocycles. The zero-order valence-corrected chi connectivity index (χ0v) is 8.53. The number of aryl methyl sites for hydroxylation is 1. The van der Waals surface area contributed by atoms with Gasteiger partial charge in [-0.2, -0.15) is 0 Å². The number of carbonyl (C=O) groups is 1. The van der Waals surface area contributed by atoms with E-state index in [0.717, 1.165) is 0 Å². The Labute approximate surface area is 82.4 Å². The van der Waals surface area contributed by atoms with Gasteiger partial charge < -0.3 is 4.52 Å². The van der Waals surface area contributed by atoms with E-state index in [1.165, 1.54) is 6.20 Å². The fourth-order valence-electron chi connectivity index (χ4n) is 0.846. The van der Waals surface area contributed by atoms with Crippen molar-refractivity contribution in [2.24, 2.45) is 5.92 Å². The predicted octanol–water partition coefficient (Wildman–Crippen LogP) is 1.30. The van der Waals surface area contributed by atoms with Crippen LogP contribution in [-0.4, -0.2) is 17.7 Å². The molecule has 5 nitrogen and oxygen atoms in total. The number of hydrogen-bond acceptors (Lipinski definition) is 4. The summed E-state index contributed by atoms with van der Waals surface area (Å²) >= 11 is 0. The summed E-state index contributed by atoms with van der Waals surface area (Å²) in [6, 6.07) is 0. The lowest BCUT2D eigenvalue weighted by molar-refractivity contribution is 0.0207. The molecule has 0 spiro atoms. The fraction of sp³-hybridized carbons (Fsp3) is 0.556. The van der Waals surface area contributed by atoms with Crippen LogP contribution in [0.15, 0.2) is 10.7 Å². The number of amides is 1. The summed E-state index contributed by atoms with van der Waals surface area (Å²) in [7, 11) is 0. The second-order valence-electron chi connectivity index (χ2n) is 3.43. The molecule has 1 N–H and O–H groups in total. The Hall–Kier alpha value is -1.36. The normalized spacial score (nSPS) is 10.6. The molecule has 0 aliphatic rings. The van der Waals surface area contributed by atoms with Gasteiger partial charge in [0.25, 0.3) is 5.91 Å². The third kappa shape index (κ3) is 2.85. The van der Waals surface area contributed by atoms with Gasteiger partial charge in [0.05, 0.1) is 12.8 Å². The van der Waals surface area contributed by atoms with Crippen molar-refractivity contribution in [2.75, 3.05) is 6.61 Å². The van der Waals surface area contributed by atoms with Gasteiger partial charge in [-0.1, -0.05) is 19.0 Å². The summed E-state index contributed by atoms with van der Waals surface area (Å²) in [6.45, 7) is 6.15. The van der Waals surface area contributed by atoms with Crippen LogP contribution in [0.5, 0.6) is 0 Å². The lowest BCUT2D eigenvalue weighted by Crippen LogP contribution is -2.25. The van der Waals surface area contributed by atoms with E-state index >= 15 is 0 Å². The first-order chi connectivity index (χ1) is 6.61. The molecule has 5 heteroatoms. The summed E-state index contributed by atoms with van der Waals surface area (Å²) in [5, 5.41) is 3.49. The average molecular weight is 198 g/mol. The fourth-order valence-corrected chi connectivity index (χ4v) is 0.846. The molecule has 78 valence electrons. The van der Waals surface area contributed by atoms with E-state index in [-0.39, 0.29) is 5.91 Å². The summed E-state index contributed by atoms with van der Waals surface area (Å²) < 4.78 is 4.75. The Morgan fingerprint density at radius 1 is 1.71 bits per heavy atom. The van der Waals surface area contributed by atoms with Gasteiger partial charge in [-0.05, 0) is 12.8 Å². The van der Waals surface area contributed by atoms with Crippen LogP contribution in [0.25, 0.3) is 0 Å². The maximum atomic E-state index is 11.4. The van der Waals surface area contributed by atoms with Crippen LogP contribution in [0.2, 0.25) is 0 Å². The smallest absolute Gasteiger partial charge is 0.280 e. The monoisotopic (exact) mass is 198 g/mol. The minimum Gasteiger partial charge on any atom is -0.361 e. The van der Waals surface area contributed by atoms with E-state index in [1.54, 1.807) is 6.92 Å². The number of nitrogens with one attached hydrogen (secondary N) is 1. The van der Waals surface area contributed by atoms with E-state index in [4.69, 9.17) is 9.36 Å². The van der Waals surface area contributed by atoms with Crippen molar-refractivity contribution < 1.29 is 14.2 Å². The highest BCUT2D eigenvalue weighted by molar-refractivity contribution is 5.93. The average Bonchev–Trinajstić information content (AvgIpc) is 2.50. The largest absolute Gasteiger partial charge is 0.361 e.